The van der Waals surface area contributed by atoms with E-state index in [4.69, 9.17) is 0 Å². The molecule has 0 aliphatic heterocycles. The normalized spacial score (nSPS) is 12.9. The molecule has 1 unspecified atom stereocenters. The van der Waals surface area contributed by atoms with E-state index in [1.54, 1.807) is 0 Å². The molecule has 0 saturated heterocycles. The molecule has 28 heavy (non-hydrogen) atoms. The van der Waals surface area contributed by atoms with Crippen LogP contribution in [0.2, 0.25) is 0 Å². The van der Waals surface area contributed by atoms with Crippen molar-refractivity contribution in [2.24, 2.45) is 0 Å². The number of rotatable bonds is 16. The number of imidazole rings is 1. The summed E-state index contributed by atoms with van der Waals surface area (Å²) in [6, 6.07) is 7.94. The van der Waals surface area contributed by atoms with Gasteiger partial charge >= 0.3 is 0 Å². The van der Waals surface area contributed by atoms with Crippen LogP contribution >= 0.6 is 0 Å². The quantitative estimate of drug-likeness (QED) is 0.231. The Morgan fingerprint density at radius 2 is 1.46 bits per heavy atom. The number of aromatic amines is 1. The molecule has 2 N–H and O–H groups in total. The smallest absolute Gasteiger partial charge is 0.136 e. The summed E-state index contributed by atoms with van der Waals surface area (Å²) in [7, 11) is 0. The monoisotopic (exact) mass is 384 g/mol. The summed E-state index contributed by atoms with van der Waals surface area (Å²) >= 11 is 0. The van der Waals surface area contributed by atoms with Crippen LogP contribution < -0.4 is 0 Å². The summed E-state index contributed by atoms with van der Waals surface area (Å²) < 4.78 is 0. The number of H-pyrrole nitrogens is 1. The van der Waals surface area contributed by atoms with Gasteiger partial charge in [-0.15, -0.1) is 0 Å². The number of aliphatic hydroxyl groups is 1. The molecule has 0 amide bonds. The predicted molar refractivity (Wildman–Crippen MR) is 121 cm³/mol. The van der Waals surface area contributed by atoms with E-state index in [9.17, 15) is 5.11 Å². The first-order valence-corrected chi connectivity index (χ1v) is 11.6. The van der Waals surface area contributed by atoms with Crippen molar-refractivity contribution >= 4 is 11.0 Å². The number of fused-ring (bicyclic) bond motifs is 1. The van der Waals surface area contributed by atoms with E-state index in [1.807, 2.05) is 24.3 Å². The Kier molecular flexibility index (Phi) is 11.7. The number of nitrogens with one attached hydrogen (secondary N) is 1. The number of allylic oxidation sites excluding steroid dienone is 2. The minimum absolute atomic E-state index is 0.475. The molecule has 0 saturated carbocycles. The molecule has 0 radical (unpaired) electrons. The molecular formula is C25H40N2O. The second-order valence-corrected chi connectivity index (χ2v) is 8.03. The van der Waals surface area contributed by atoms with Gasteiger partial charge in [-0.25, -0.2) is 4.98 Å². The van der Waals surface area contributed by atoms with Crippen molar-refractivity contribution in [3.05, 3.63) is 42.2 Å². The number of hydrogen-bond donors (Lipinski definition) is 2. The van der Waals surface area contributed by atoms with Crippen LogP contribution in [0.4, 0.5) is 0 Å². The molecule has 3 nitrogen and oxygen atoms in total. The first kappa shape index (κ1) is 22.7. The van der Waals surface area contributed by atoms with E-state index in [0.29, 0.717) is 5.82 Å². The Labute approximate surface area is 171 Å². The third kappa shape index (κ3) is 9.05. The largest absolute Gasteiger partial charge is 0.385 e. The third-order valence-corrected chi connectivity index (χ3v) is 5.46. The lowest BCUT2D eigenvalue weighted by atomic mass is 10.1. The maximum absolute atomic E-state index is 10.3. The number of hydrogen-bond acceptors (Lipinski definition) is 2. The Morgan fingerprint density at radius 1 is 0.857 bits per heavy atom. The number of nitrogens with zero attached hydrogens (tertiary/aromatic N) is 1. The summed E-state index contributed by atoms with van der Waals surface area (Å²) in [6.45, 7) is 2.27. The van der Waals surface area contributed by atoms with Crippen molar-refractivity contribution in [2.45, 2.75) is 103 Å². The van der Waals surface area contributed by atoms with Crippen LogP contribution in [0, 0.1) is 0 Å². The molecule has 2 aromatic rings. The van der Waals surface area contributed by atoms with E-state index < -0.39 is 6.10 Å². The first-order valence-electron chi connectivity index (χ1n) is 11.6. The Hall–Kier alpha value is -1.61. The van der Waals surface area contributed by atoms with E-state index in [1.165, 1.54) is 77.0 Å². The van der Waals surface area contributed by atoms with Gasteiger partial charge in [0.05, 0.1) is 11.0 Å². The minimum Gasteiger partial charge on any atom is -0.385 e. The maximum Gasteiger partial charge on any atom is 0.136 e. The van der Waals surface area contributed by atoms with E-state index in [-0.39, 0.29) is 0 Å². The van der Waals surface area contributed by atoms with Crippen molar-refractivity contribution in [1.82, 2.24) is 9.97 Å². The van der Waals surface area contributed by atoms with E-state index >= 15 is 0 Å². The Bertz CT molecular complexity index is 628. The number of unbranched alkanes of at least 4 members (excludes halogenated alkanes) is 11. The summed E-state index contributed by atoms with van der Waals surface area (Å²) in [5, 5.41) is 10.3. The second kappa shape index (κ2) is 14.4. The molecule has 0 aliphatic carbocycles. The van der Waals surface area contributed by atoms with Crippen LogP contribution in [0.1, 0.15) is 109 Å². The van der Waals surface area contributed by atoms with Gasteiger partial charge in [-0.2, -0.15) is 0 Å². The fraction of sp³-hybridized carbons (Fsp3) is 0.640. The van der Waals surface area contributed by atoms with E-state index in [0.717, 1.165) is 23.9 Å². The molecule has 0 aliphatic rings. The summed E-state index contributed by atoms with van der Waals surface area (Å²) in [4.78, 5) is 7.72. The van der Waals surface area contributed by atoms with Gasteiger partial charge in [0.1, 0.15) is 11.9 Å². The Balaban J connectivity index is 1.41. The molecule has 1 aromatic carbocycles. The highest BCUT2D eigenvalue weighted by atomic mass is 16.3. The van der Waals surface area contributed by atoms with Crippen molar-refractivity contribution in [1.29, 1.82) is 0 Å². The standard InChI is InChI=1S/C25H40N2O/c1-2-3-4-5-6-7-8-9-10-11-12-13-14-15-16-21-24(28)25-26-22-19-17-18-20-23(22)27-25/h9-10,17-20,24,28H,2-8,11-16,21H2,1H3,(H,26,27). The van der Waals surface area contributed by atoms with Crippen LogP contribution in [0.15, 0.2) is 36.4 Å². The molecule has 1 aromatic heterocycles. The fourth-order valence-electron chi connectivity index (χ4n) is 3.68. The van der Waals surface area contributed by atoms with E-state index in [2.05, 4.69) is 29.0 Å². The molecule has 156 valence electrons. The molecule has 0 spiro atoms. The lowest BCUT2D eigenvalue weighted by molar-refractivity contribution is 0.155. The predicted octanol–water partition coefficient (Wildman–Crippen LogP) is 7.63. The summed E-state index contributed by atoms with van der Waals surface area (Å²) in [6.07, 6.45) is 21.9. The molecule has 0 bridgehead atoms. The molecule has 2 rings (SSSR count). The number of para-hydroxylation sites is 2. The number of benzene rings is 1. The average Bonchev–Trinajstić information content (AvgIpc) is 3.15. The SMILES string of the molecule is CCCCCCCCC=CCCCCCCCC(O)c1nc2ccccc2[nH]1. The van der Waals surface area contributed by atoms with Crippen LogP contribution in [0.25, 0.3) is 11.0 Å². The zero-order valence-electron chi connectivity index (χ0n) is 17.8. The molecule has 1 heterocycles. The molecule has 3 heteroatoms. The van der Waals surface area contributed by atoms with Gasteiger partial charge < -0.3 is 10.1 Å². The van der Waals surface area contributed by atoms with Crippen LogP contribution in [-0.4, -0.2) is 15.1 Å². The zero-order chi connectivity index (χ0) is 19.9. The van der Waals surface area contributed by atoms with Gasteiger partial charge in [0.25, 0.3) is 0 Å². The van der Waals surface area contributed by atoms with Crippen molar-refractivity contribution < 1.29 is 5.11 Å². The number of aromatic nitrogens is 2. The maximum atomic E-state index is 10.3. The van der Waals surface area contributed by atoms with Gasteiger partial charge in [-0.1, -0.05) is 89.0 Å². The van der Waals surface area contributed by atoms with Gasteiger partial charge in [-0.05, 0) is 44.2 Å². The minimum atomic E-state index is -0.475. The topological polar surface area (TPSA) is 48.9 Å². The lowest BCUT2D eigenvalue weighted by Crippen LogP contribution is -1.99. The molecule has 1 atom stereocenters. The van der Waals surface area contributed by atoms with Gasteiger partial charge in [0, 0.05) is 0 Å². The highest BCUT2D eigenvalue weighted by Gasteiger charge is 2.11. The highest BCUT2D eigenvalue weighted by molar-refractivity contribution is 5.74. The van der Waals surface area contributed by atoms with Gasteiger partial charge in [0.2, 0.25) is 0 Å². The highest BCUT2D eigenvalue weighted by Crippen LogP contribution is 2.21. The lowest BCUT2D eigenvalue weighted by Gasteiger charge is -2.07. The summed E-state index contributed by atoms with van der Waals surface area (Å²) in [5.74, 6) is 0.705. The Morgan fingerprint density at radius 3 is 2.14 bits per heavy atom. The summed E-state index contributed by atoms with van der Waals surface area (Å²) in [5.41, 5.74) is 1.93. The molecule has 0 fully saturated rings. The fourth-order valence-corrected chi connectivity index (χ4v) is 3.68. The van der Waals surface area contributed by atoms with Crippen LogP contribution in [0.5, 0.6) is 0 Å². The second-order valence-electron chi connectivity index (χ2n) is 8.03. The van der Waals surface area contributed by atoms with Crippen molar-refractivity contribution in [3.63, 3.8) is 0 Å². The zero-order valence-corrected chi connectivity index (χ0v) is 17.8. The third-order valence-electron chi connectivity index (χ3n) is 5.46. The average molecular weight is 385 g/mol. The van der Waals surface area contributed by atoms with Crippen LogP contribution in [0.3, 0.4) is 0 Å². The number of aliphatic hydroxyl groups excluding tert-OH is 1. The van der Waals surface area contributed by atoms with Crippen molar-refractivity contribution in [3.8, 4) is 0 Å². The van der Waals surface area contributed by atoms with Gasteiger partial charge in [0.15, 0.2) is 0 Å². The molecular weight excluding hydrogens is 344 g/mol. The van der Waals surface area contributed by atoms with Crippen LogP contribution in [-0.2, 0) is 0 Å². The van der Waals surface area contributed by atoms with Crippen molar-refractivity contribution in [2.75, 3.05) is 0 Å². The first-order chi connectivity index (χ1) is 13.8. The van der Waals surface area contributed by atoms with Gasteiger partial charge in [-0.3, -0.25) is 0 Å².